The quantitative estimate of drug-likeness (QED) is 0.458. The molecule has 2 aliphatic heterocycles. The van der Waals surface area contributed by atoms with E-state index >= 15 is 0 Å². The summed E-state index contributed by atoms with van der Waals surface area (Å²) in [6, 6.07) is 7.42. The molecule has 0 saturated carbocycles. The molecule has 40 heavy (non-hydrogen) atoms. The molecule has 2 amide bonds. The first kappa shape index (κ1) is 27.5. The van der Waals surface area contributed by atoms with Crippen LogP contribution >= 0.6 is 0 Å². The molecule has 3 aromatic rings. The number of hydrogen-bond donors (Lipinski definition) is 2. The highest BCUT2D eigenvalue weighted by Gasteiger charge is 2.38. The lowest BCUT2D eigenvalue weighted by Crippen LogP contribution is -2.46. The molecule has 5 rings (SSSR count). The second kappa shape index (κ2) is 10.8. The van der Waals surface area contributed by atoms with Gasteiger partial charge in [0.1, 0.15) is 0 Å². The molecule has 9 nitrogen and oxygen atoms in total. The molecule has 1 aromatic carbocycles. The number of carbonyl (C=O) groups is 2. The molecule has 0 spiro atoms. The lowest BCUT2D eigenvalue weighted by molar-refractivity contribution is -0.143. The molecule has 1 fully saturated rings. The lowest BCUT2D eigenvalue weighted by atomic mass is 10.00. The number of aromatic nitrogens is 2. The molecular formula is C27H25F4N5O4. The van der Waals surface area contributed by atoms with Gasteiger partial charge in [-0.05, 0) is 42.3 Å². The molecule has 2 aliphatic rings. The van der Waals surface area contributed by atoms with Crippen molar-refractivity contribution in [3.05, 3.63) is 65.4 Å². The van der Waals surface area contributed by atoms with Crippen molar-refractivity contribution in [3.63, 3.8) is 0 Å². The normalized spacial score (nSPS) is 17.2. The van der Waals surface area contributed by atoms with Crippen molar-refractivity contribution in [2.75, 3.05) is 48.0 Å². The predicted octanol–water partition coefficient (Wildman–Crippen LogP) is 3.80. The Kier molecular flexibility index (Phi) is 7.43. The standard InChI is InChI=1S/C27H25F4N5O4/c1-15-2-3-17(34-26(39)19-4-5-32-24(23(19)28)27(29,30)31)11-20(15)16-10-21-25(33-13-16)36(6-8-37)22(38)12-18-14-40-9-7-35(18)21/h2-5,10-11,13,18,37H,6-9,12,14H2,1H3,(H,34,39)/t18-/m1/s1. The number of pyridine rings is 2. The van der Waals surface area contributed by atoms with Crippen LogP contribution in [0.1, 0.15) is 28.0 Å². The zero-order valence-corrected chi connectivity index (χ0v) is 21.3. The van der Waals surface area contributed by atoms with Crippen LogP contribution in [0.15, 0.2) is 42.7 Å². The number of ether oxygens (including phenoxy) is 1. The second-order valence-electron chi connectivity index (χ2n) is 9.46. The van der Waals surface area contributed by atoms with Crippen LogP contribution < -0.4 is 15.1 Å². The van der Waals surface area contributed by atoms with Crippen molar-refractivity contribution in [2.45, 2.75) is 25.6 Å². The number of morpholine rings is 1. The maximum absolute atomic E-state index is 14.5. The molecule has 1 atom stereocenters. The fourth-order valence-corrected chi connectivity index (χ4v) is 4.94. The average molecular weight is 560 g/mol. The fourth-order valence-electron chi connectivity index (χ4n) is 4.94. The summed E-state index contributed by atoms with van der Waals surface area (Å²) in [6.45, 7) is 3.06. The van der Waals surface area contributed by atoms with Crippen molar-refractivity contribution < 1.29 is 37.0 Å². The number of alkyl halides is 3. The minimum absolute atomic E-state index is 0.0851. The Morgan fingerprint density at radius 2 is 2.02 bits per heavy atom. The Hall–Kier alpha value is -4.10. The summed E-state index contributed by atoms with van der Waals surface area (Å²) in [5.41, 5.74) is 0.492. The van der Waals surface area contributed by atoms with Crippen LogP contribution in [0.5, 0.6) is 0 Å². The number of nitrogens with one attached hydrogen (secondary N) is 1. The highest BCUT2D eigenvalue weighted by atomic mass is 19.4. The molecular weight excluding hydrogens is 534 g/mol. The highest BCUT2D eigenvalue weighted by Crippen LogP contribution is 2.38. The van der Waals surface area contributed by atoms with E-state index in [2.05, 4.69) is 20.2 Å². The van der Waals surface area contributed by atoms with E-state index in [-0.39, 0.29) is 37.2 Å². The highest BCUT2D eigenvalue weighted by molar-refractivity contribution is 6.05. The van der Waals surface area contributed by atoms with E-state index in [1.54, 1.807) is 24.4 Å². The maximum Gasteiger partial charge on any atom is 0.436 e. The molecule has 1 saturated heterocycles. The number of halogens is 4. The number of β-amino-alcohol motifs (C(OH)–C–C–N with tert-alkyl or cyclic N) is 1. The van der Waals surface area contributed by atoms with E-state index in [4.69, 9.17) is 4.74 Å². The fraction of sp³-hybridized carbons (Fsp3) is 0.333. The van der Waals surface area contributed by atoms with Crippen LogP contribution in [-0.4, -0.2) is 65.8 Å². The zero-order valence-electron chi connectivity index (χ0n) is 21.3. The summed E-state index contributed by atoms with van der Waals surface area (Å²) in [6.07, 6.45) is -2.55. The Balaban J connectivity index is 1.50. The van der Waals surface area contributed by atoms with Gasteiger partial charge in [0.05, 0.1) is 43.7 Å². The number of amides is 2. The molecule has 0 aliphatic carbocycles. The van der Waals surface area contributed by atoms with Crippen molar-refractivity contribution >= 4 is 29.0 Å². The van der Waals surface area contributed by atoms with E-state index in [0.717, 1.165) is 17.8 Å². The zero-order chi connectivity index (χ0) is 28.6. The van der Waals surface area contributed by atoms with Gasteiger partial charge < -0.3 is 20.1 Å². The third-order valence-corrected chi connectivity index (χ3v) is 6.88. The van der Waals surface area contributed by atoms with Crippen LogP contribution in [0.4, 0.5) is 34.8 Å². The summed E-state index contributed by atoms with van der Waals surface area (Å²) in [5.74, 6) is -2.57. The molecule has 210 valence electrons. The molecule has 0 bridgehead atoms. The third kappa shape index (κ3) is 5.21. The topological polar surface area (TPSA) is 108 Å². The van der Waals surface area contributed by atoms with Gasteiger partial charge in [0, 0.05) is 36.6 Å². The van der Waals surface area contributed by atoms with Crippen molar-refractivity contribution in [1.29, 1.82) is 0 Å². The van der Waals surface area contributed by atoms with E-state index < -0.39 is 29.2 Å². The number of fused-ring (bicyclic) bond motifs is 3. The van der Waals surface area contributed by atoms with Crippen molar-refractivity contribution in [1.82, 2.24) is 9.97 Å². The molecule has 2 N–H and O–H groups in total. The second-order valence-corrected chi connectivity index (χ2v) is 9.46. The summed E-state index contributed by atoms with van der Waals surface area (Å²) >= 11 is 0. The van der Waals surface area contributed by atoms with E-state index in [9.17, 15) is 32.3 Å². The number of benzene rings is 1. The summed E-state index contributed by atoms with van der Waals surface area (Å²) in [7, 11) is 0. The third-order valence-electron chi connectivity index (χ3n) is 6.88. The van der Waals surface area contributed by atoms with E-state index in [1.165, 1.54) is 4.90 Å². The minimum atomic E-state index is -5.05. The number of rotatable bonds is 5. The number of aliphatic hydroxyl groups excluding tert-OH is 1. The number of aliphatic hydroxyl groups is 1. The molecule has 0 unspecified atom stereocenters. The molecule has 13 heteroatoms. The summed E-state index contributed by atoms with van der Waals surface area (Å²) in [5, 5.41) is 12.0. The van der Waals surface area contributed by atoms with Gasteiger partial charge in [-0.25, -0.2) is 14.4 Å². The molecule has 4 heterocycles. The largest absolute Gasteiger partial charge is 0.436 e. The number of nitrogens with zero attached hydrogens (tertiary/aromatic N) is 4. The van der Waals surface area contributed by atoms with Gasteiger partial charge in [-0.1, -0.05) is 6.07 Å². The molecule has 2 aromatic heterocycles. The van der Waals surface area contributed by atoms with Crippen LogP contribution in [0.2, 0.25) is 0 Å². The summed E-state index contributed by atoms with van der Waals surface area (Å²) < 4.78 is 59.2. The van der Waals surface area contributed by atoms with E-state index in [1.807, 2.05) is 13.0 Å². The Morgan fingerprint density at radius 3 is 2.77 bits per heavy atom. The Bertz CT molecular complexity index is 1470. The Labute approximate surface area is 226 Å². The van der Waals surface area contributed by atoms with Crippen LogP contribution in [0.25, 0.3) is 11.1 Å². The van der Waals surface area contributed by atoms with Gasteiger partial charge >= 0.3 is 6.18 Å². The molecule has 0 radical (unpaired) electrons. The van der Waals surface area contributed by atoms with Crippen LogP contribution in [0, 0.1) is 12.7 Å². The van der Waals surface area contributed by atoms with Gasteiger partial charge in [0.2, 0.25) is 5.91 Å². The number of aryl methyl sites for hydroxylation is 1. The first-order valence-corrected chi connectivity index (χ1v) is 12.5. The minimum Gasteiger partial charge on any atom is -0.395 e. The van der Waals surface area contributed by atoms with Crippen LogP contribution in [0.3, 0.4) is 0 Å². The average Bonchev–Trinajstić information content (AvgIpc) is 3.03. The maximum atomic E-state index is 14.5. The van der Waals surface area contributed by atoms with Crippen molar-refractivity contribution in [2.24, 2.45) is 0 Å². The van der Waals surface area contributed by atoms with Gasteiger partial charge in [0.15, 0.2) is 17.3 Å². The Morgan fingerprint density at radius 1 is 1.23 bits per heavy atom. The van der Waals surface area contributed by atoms with Gasteiger partial charge in [0.25, 0.3) is 5.91 Å². The smallest absolute Gasteiger partial charge is 0.395 e. The van der Waals surface area contributed by atoms with Gasteiger partial charge in [-0.2, -0.15) is 13.2 Å². The first-order chi connectivity index (χ1) is 19.1. The monoisotopic (exact) mass is 559 g/mol. The predicted molar refractivity (Wildman–Crippen MR) is 138 cm³/mol. The van der Waals surface area contributed by atoms with Gasteiger partial charge in [-0.15, -0.1) is 0 Å². The first-order valence-electron chi connectivity index (χ1n) is 12.5. The van der Waals surface area contributed by atoms with Crippen LogP contribution in [-0.2, 0) is 15.7 Å². The van der Waals surface area contributed by atoms with Gasteiger partial charge in [-0.3, -0.25) is 14.5 Å². The number of carbonyl (C=O) groups excluding carboxylic acids is 2. The SMILES string of the molecule is Cc1ccc(NC(=O)c2ccnc(C(F)(F)F)c2F)cc1-c1cnc2c(c1)N1CCOC[C@H]1CC(=O)N2CCO. The van der Waals surface area contributed by atoms with Crippen molar-refractivity contribution in [3.8, 4) is 11.1 Å². The van der Waals surface area contributed by atoms with E-state index in [0.29, 0.717) is 42.4 Å². The number of hydrogen-bond acceptors (Lipinski definition) is 7. The summed E-state index contributed by atoms with van der Waals surface area (Å²) in [4.78, 5) is 36.8. The number of anilines is 3. The lowest BCUT2D eigenvalue weighted by Gasteiger charge is -2.36.